The third-order valence-electron chi connectivity index (χ3n) is 3.51. The minimum atomic E-state index is 0. The predicted octanol–water partition coefficient (Wildman–Crippen LogP) is 5.02. The van der Waals surface area contributed by atoms with E-state index in [0.717, 1.165) is 21.6 Å². The van der Waals surface area contributed by atoms with Gasteiger partial charge in [0.15, 0.2) is 5.75 Å². The van der Waals surface area contributed by atoms with E-state index in [1.54, 1.807) is 30.6 Å². The van der Waals surface area contributed by atoms with E-state index in [1.165, 1.54) is 11.8 Å². The summed E-state index contributed by atoms with van der Waals surface area (Å²) in [7, 11) is 0. The lowest BCUT2D eigenvalue weighted by Crippen LogP contribution is -2.00. The fourth-order valence-electron chi connectivity index (χ4n) is 2.36. The molecule has 0 radical (unpaired) electrons. The molecule has 0 fully saturated rings. The first-order valence-corrected chi connectivity index (χ1v) is 9.07. The highest BCUT2D eigenvalue weighted by Crippen LogP contribution is 2.41. The molecule has 0 saturated carbocycles. The van der Waals surface area contributed by atoms with E-state index in [0.29, 0.717) is 27.4 Å². The van der Waals surface area contributed by atoms with Crippen LogP contribution in [0.1, 0.15) is 5.56 Å². The smallest absolute Gasteiger partial charge is 0.298 e. The number of rotatable bonds is 6. The summed E-state index contributed by atoms with van der Waals surface area (Å²) in [5.74, 6) is 0.358. The van der Waals surface area contributed by atoms with Gasteiger partial charge in [-0.1, -0.05) is 35.0 Å². The SMILES string of the molecule is Cl.NCc1cc(-c2ccnc(Cl)c2)cc(Cl)c1Sc1ncccc1OC=O. The van der Waals surface area contributed by atoms with Crippen molar-refractivity contribution in [3.05, 3.63) is 64.5 Å². The van der Waals surface area contributed by atoms with E-state index >= 15 is 0 Å². The van der Waals surface area contributed by atoms with Gasteiger partial charge in [-0.3, -0.25) is 4.79 Å². The number of carbonyl (C=O) groups excluding carboxylic acids is 1. The van der Waals surface area contributed by atoms with Crippen LogP contribution in [0.2, 0.25) is 10.2 Å². The highest BCUT2D eigenvalue weighted by atomic mass is 35.5. The highest BCUT2D eigenvalue weighted by molar-refractivity contribution is 7.99. The van der Waals surface area contributed by atoms with Gasteiger partial charge in [-0.2, -0.15) is 0 Å². The number of hydrogen-bond donors (Lipinski definition) is 1. The van der Waals surface area contributed by atoms with E-state index in [-0.39, 0.29) is 19.0 Å². The number of ether oxygens (including phenoxy) is 1. The molecule has 1 aromatic carbocycles. The van der Waals surface area contributed by atoms with Crippen LogP contribution < -0.4 is 10.5 Å². The number of halogens is 3. The summed E-state index contributed by atoms with van der Waals surface area (Å²) in [6.45, 7) is 0.647. The summed E-state index contributed by atoms with van der Waals surface area (Å²) in [6.07, 6.45) is 3.25. The van der Waals surface area contributed by atoms with Crippen molar-refractivity contribution in [1.82, 2.24) is 9.97 Å². The molecule has 2 heterocycles. The minimum Gasteiger partial charge on any atom is -0.426 e. The lowest BCUT2D eigenvalue weighted by atomic mass is 10.0. The number of nitrogens with zero attached hydrogens (tertiary/aromatic N) is 2. The number of pyridine rings is 2. The molecule has 2 aromatic heterocycles. The van der Waals surface area contributed by atoms with Gasteiger partial charge in [-0.25, -0.2) is 9.97 Å². The minimum absolute atomic E-state index is 0. The number of benzene rings is 1. The zero-order valence-electron chi connectivity index (χ0n) is 13.8. The van der Waals surface area contributed by atoms with Crippen molar-refractivity contribution in [1.29, 1.82) is 0 Å². The zero-order chi connectivity index (χ0) is 18.5. The zero-order valence-corrected chi connectivity index (χ0v) is 16.9. The fraction of sp³-hybridized carbons (Fsp3) is 0.0556. The molecule has 2 N–H and O–H groups in total. The Labute approximate surface area is 176 Å². The molecule has 5 nitrogen and oxygen atoms in total. The van der Waals surface area contributed by atoms with Crippen molar-refractivity contribution in [2.24, 2.45) is 5.73 Å². The third-order valence-corrected chi connectivity index (χ3v) is 5.31. The molecule has 27 heavy (non-hydrogen) atoms. The average Bonchev–Trinajstić information content (AvgIpc) is 2.64. The maximum atomic E-state index is 10.7. The second kappa shape index (κ2) is 9.92. The lowest BCUT2D eigenvalue weighted by Gasteiger charge is -2.13. The van der Waals surface area contributed by atoms with Gasteiger partial charge in [0.1, 0.15) is 10.2 Å². The van der Waals surface area contributed by atoms with E-state index in [9.17, 15) is 4.79 Å². The molecular formula is C18H14Cl3N3O2S. The van der Waals surface area contributed by atoms with Crippen LogP contribution in [-0.2, 0) is 11.3 Å². The van der Waals surface area contributed by atoms with Gasteiger partial charge < -0.3 is 10.5 Å². The van der Waals surface area contributed by atoms with Crippen LogP contribution in [0.3, 0.4) is 0 Å². The molecule has 3 rings (SSSR count). The van der Waals surface area contributed by atoms with Gasteiger partial charge in [-0.05, 0) is 53.1 Å². The van der Waals surface area contributed by atoms with Crippen LogP contribution in [0.25, 0.3) is 11.1 Å². The van der Waals surface area contributed by atoms with Crippen molar-refractivity contribution in [2.45, 2.75) is 16.5 Å². The molecule has 0 aliphatic carbocycles. The van der Waals surface area contributed by atoms with Gasteiger partial charge >= 0.3 is 0 Å². The van der Waals surface area contributed by atoms with Crippen molar-refractivity contribution < 1.29 is 9.53 Å². The standard InChI is InChI=1S/C18H13Cl2N3O2S.ClH/c19-14-7-12(11-3-5-22-16(20)8-11)6-13(9-21)17(14)26-18-15(25-10-24)2-1-4-23-18;/h1-8,10H,9,21H2;1H. The number of nitrogens with two attached hydrogens (primary N) is 1. The van der Waals surface area contributed by atoms with E-state index in [2.05, 4.69) is 9.97 Å². The first-order valence-electron chi connectivity index (χ1n) is 7.50. The molecule has 140 valence electrons. The summed E-state index contributed by atoms with van der Waals surface area (Å²) in [5.41, 5.74) is 8.54. The normalized spacial score (nSPS) is 10.2. The van der Waals surface area contributed by atoms with Gasteiger partial charge in [0.05, 0.1) is 5.02 Å². The maximum absolute atomic E-state index is 10.7. The maximum Gasteiger partial charge on any atom is 0.298 e. The van der Waals surface area contributed by atoms with E-state index in [4.69, 9.17) is 33.7 Å². The van der Waals surface area contributed by atoms with E-state index in [1.807, 2.05) is 18.2 Å². The summed E-state index contributed by atoms with van der Waals surface area (Å²) < 4.78 is 4.97. The van der Waals surface area contributed by atoms with Gasteiger partial charge in [0.2, 0.25) is 0 Å². The average molecular weight is 443 g/mol. The predicted molar refractivity (Wildman–Crippen MR) is 110 cm³/mol. The Hall–Kier alpha value is -1.83. The van der Waals surface area contributed by atoms with Crippen molar-refractivity contribution in [3.63, 3.8) is 0 Å². The molecule has 0 aliphatic rings. The molecule has 0 unspecified atom stereocenters. The van der Waals surface area contributed by atoms with Crippen LogP contribution in [-0.4, -0.2) is 16.4 Å². The number of aromatic nitrogens is 2. The van der Waals surface area contributed by atoms with Crippen LogP contribution in [0.15, 0.2) is 58.7 Å². The highest BCUT2D eigenvalue weighted by Gasteiger charge is 2.15. The molecule has 3 aromatic rings. The Morgan fingerprint density at radius 2 is 1.93 bits per heavy atom. The van der Waals surface area contributed by atoms with Crippen LogP contribution in [0.5, 0.6) is 5.75 Å². The van der Waals surface area contributed by atoms with E-state index < -0.39 is 0 Å². The van der Waals surface area contributed by atoms with Crippen molar-refractivity contribution in [3.8, 4) is 16.9 Å². The molecule has 9 heteroatoms. The molecular weight excluding hydrogens is 429 g/mol. The topological polar surface area (TPSA) is 78.1 Å². The number of carbonyl (C=O) groups is 1. The van der Waals surface area contributed by atoms with Crippen LogP contribution in [0.4, 0.5) is 0 Å². The Morgan fingerprint density at radius 3 is 2.63 bits per heavy atom. The molecule has 0 aliphatic heterocycles. The first-order chi connectivity index (χ1) is 12.6. The molecule has 0 bridgehead atoms. The summed E-state index contributed by atoms with van der Waals surface area (Å²) in [4.78, 5) is 19.7. The monoisotopic (exact) mass is 441 g/mol. The summed E-state index contributed by atoms with van der Waals surface area (Å²) >= 11 is 13.8. The third kappa shape index (κ3) is 5.12. The Balaban J connectivity index is 0.00000261. The second-order valence-corrected chi connectivity index (χ2v) is 6.93. The molecule has 0 saturated heterocycles. The fourth-order valence-corrected chi connectivity index (χ4v) is 3.84. The molecule has 0 amide bonds. The lowest BCUT2D eigenvalue weighted by molar-refractivity contribution is -0.120. The van der Waals surface area contributed by atoms with Crippen LogP contribution in [0, 0.1) is 0 Å². The first kappa shape index (κ1) is 21.5. The van der Waals surface area contributed by atoms with Gasteiger partial charge in [-0.15, -0.1) is 12.4 Å². The van der Waals surface area contributed by atoms with Crippen molar-refractivity contribution in [2.75, 3.05) is 0 Å². The summed E-state index contributed by atoms with van der Waals surface area (Å²) in [5, 5.41) is 1.44. The molecule has 0 spiro atoms. The van der Waals surface area contributed by atoms with Gasteiger partial charge in [0.25, 0.3) is 6.47 Å². The second-order valence-electron chi connectivity index (χ2n) is 5.14. The Kier molecular flexibility index (Phi) is 7.89. The Morgan fingerprint density at radius 1 is 1.11 bits per heavy atom. The quantitative estimate of drug-likeness (QED) is 0.427. The van der Waals surface area contributed by atoms with Gasteiger partial charge in [0, 0.05) is 23.8 Å². The molecule has 0 atom stereocenters. The summed E-state index contributed by atoms with van der Waals surface area (Å²) in [6, 6.07) is 10.7. The Bertz CT molecular complexity index is 957. The van der Waals surface area contributed by atoms with Crippen LogP contribution >= 0.6 is 47.4 Å². The number of hydrogen-bond acceptors (Lipinski definition) is 6. The van der Waals surface area contributed by atoms with Crippen molar-refractivity contribution >= 4 is 53.8 Å². The largest absolute Gasteiger partial charge is 0.426 e.